The second-order valence-electron chi connectivity index (χ2n) is 11.7. The van der Waals surface area contributed by atoms with Gasteiger partial charge in [-0.3, -0.25) is 5.32 Å². The minimum absolute atomic E-state index is 0.142. The molecule has 1 amide bonds. The van der Waals surface area contributed by atoms with Gasteiger partial charge in [0.25, 0.3) is 0 Å². The van der Waals surface area contributed by atoms with Crippen LogP contribution in [-0.2, 0) is 25.9 Å². The molecule has 4 heterocycles. The Bertz CT molecular complexity index is 1600. The number of imidazole rings is 1. The molecule has 3 aromatic heterocycles. The van der Waals surface area contributed by atoms with Gasteiger partial charge in [0.05, 0.1) is 18.6 Å². The number of pyridine rings is 1. The SMILES string of the molecule is CN(C)Cc1nc2c(c(N3CCOc4ccc(-c5cnc6nc(NC(=O)O)[nH]c6c5)cc4C3)n1)CC(C)(C)CC2. The van der Waals surface area contributed by atoms with Crippen molar-refractivity contribution in [3.05, 3.63) is 53.1 Å². The summed E-state index contributed by atoms with van der Waals surface area (Å²) in [7, 11) is 4.09. The molecule has 0 spiro atoms. The number of aromatic amines is 1. The summed E-state index contributed by atoms with van der Waals surface area (Å²) in [6, 6.07) is 8.10. The number of benzene rings is 1. The molecule has 0 saturated carbocycles. The molecule has 0 unspecified atom stereocenters. The van der Waals surface area contributed by atoms with Crippen LogP contribution in [-0.4, -0.2) is 68.3 Å². The lowest BCUT2D eigenvalue weighted by Crippen LogP contribution is -2.32. The number of nitrogens with zero attached hydrogens (tertiary/aromatic N) is 6. The number of nitrogens with one attached hydrogen (secondary N) is 2. The first-order chi connectivity index (χ1) is 19.1. The van der Waals surface area contributed by atoms with Crippen molar-refractivity contribution in [3.63, 3.8) is 0 Å². The summed E-state index contributed by atoms with van der Waals surface area (Å²) in [4.78, 5) is 37.1. The van der Waals surface area contributed by atoms with E-state index in [9.17, 15) is 4.79 Å². The largest absolute Gasteiger partial charge is 0.491 e. The van der Waals surface area contributed by atoms with E-state index in [1.54, 1.807) is 6.20 Å². The Kier molecular flexibility index (Phi) is 6.53. The molecule has 0 bridgehead atoms. The van der Waals surface area contributed by atoms with Crippen molar-refractivity contribution in [2.75, 3.05) is 37.5 Å². The number of hydrogen-bond acceptors (Lipinski definition) is 8. The van der Waals surface area contributed by atoms with E-state index in [0.717, 1.165) is 59.9 Å². The molecule has 11 nitrogen and oxygen atoms in total. The zero-order valence-electron chi connectivity index (χ0n) is 23.3. The van der Waals surface area contributed by atoms with Crippen molar-refractivity contribution in [1.29, 1.82) is 0 Å². The molecular weight excluding hydrogens is 508 g/mol. The maximum atomic E-state index is 11.0. The Balaban J connectivity index is 1.35. The van der Waals surface area contributed by atoms with Gasteiger partial charge in [-0.25, -0.2) is 19.7 Å². The van der Waals surface area contributed by atoms with E-state index >= 15 is 0 Å². The first kappa shape index (κ1) is 26.0. The van der Waals surface area contributed by atoms with Crippen LogP contribution in [0.25, 0.3) is 22.3 Å². The number of H-pyrrole nitrogens is 1. The number of anilines is 2. The second kappa shape index (κ2) is 10.1. The maximum Gasteiger partial charge on any atom is 0.411 e. The quantitative estimate of drug-likeness (QED) is 0.334. The van der Waals surface area contributed by atoms with Crippen molar-refractivity contribution in [3.8, 4) is 16.9 Å². The topological polar surface area (TPSA) is 132 Å². The molecule has 4 aromatic rings. The highest BCUT2D eigenvalue weighted by atomic mass is 16.5. The Morgan fingerprint density at radius 1 is 1.20 bits per heavy atom. The van der Waals surface area contributed by atoms with Gasteiger partial charge in [0, 0.05) is 35.1 Å². The molecule has 0 atom stereocenters. The van der Waals surface area contributed by atoms with Crippen LogP contribution in [0.1, 0.15) is 42.9 Å². The summed E-state index contributed by atoms with van der Waals surface area (Å²) >= 11 is 0. The number of carboxylic acid groups (broad SMARTS) is 1. The monoisotopic (exact) mass is 542 g/mol. The lowest BCUT2D eigenvalue weighted by molar-refractivity contribution is 0.209. The normalized spacial score (nSPS) is 16.3. The third-order valence-electron chi connectivity index (χ3n) is 7.50. The van der Waals surface area contributed by atoms with Crippen LogP contribution in [0.3, 0.4) is 0 Å². The van der Waals surface area contributed by atoms with Crippen molar-refractivity contribution in [2.24, 2.45) is 5.41 Å². The third-order valence-corrected chi connectivity index (χ3v) is 7.50. The maximum absolute atomic E-state index is 11.0. The number of aromatic nitrogens is 5. The third kappa shape index (κ3) is 5.29. The van der Waals surface area contributed by atoms with Crippen LogP contribution in [0, 0.1) is 5.41 Å². The van der Waals surface area contributed by atoms with E-state index in [2.05, 4.69) is 50.0 Å². The molecule has 1 aliphatic heterocycles. The Morgan fingerprint density at radius 3 is 2.85 bits per heavy atom. The summed E-state index contributed by atoms with van der Waals surface area (Å²) in [5.41, 5.74) is 6.70. The number of hydrogen-bond donors (Lipinski definition) is 3. The molecule has 0 fully saturated rings. The van der Waals surface area contributed by atoms with E-state index in [1.165, 1.54) is 11.3 Å². The molecule has 3 N–H and O–H groups in total. The number of carbonyl (C=O) groups is 1. The van der Waals surface area contributed by atoms with Gasteiger partial charge in [0.2, 0.25) is 5.95 Å². The van der Waals surface area contributed by atoms with Gasteiger partial charge in [-0.05, 0) is 62.5 Å². The Labute approximate surface area is 232 Å². The summed E-state index contributed by atoms with van der Waals surface area (Å²) in [5.74, 6) is 2.89. The zero-order valence-corrected chi connectivity index (χ0v) is 23.3. The fourth-order valence-electron chi connectivity index (χ4n) is 5.57. The van der Waals surface area contributed by atoms with E-state index in [-0.39, 0.29) is 11.4 Å². The molecule has 11 heteroatoms. The smallest absolute Gasteiger partial charge is 0.411 e. The van der Waals surface area contributed by atoms with Crippen molar-refractivity contribution in [2.45, 2.75) is 46.2 Å². The Morgan fingerprint density at radius 2 is 2.05 bits per heavy atom. The van der Waals surface area contributed by atoms with E-state index in [4.69, 9.17) is 19.8 Å². The molecule has 208 valence electrons. The first-order valence-corrected chi connectivity index (χ1v) is 13.5. The van der Waals surface area contributed by atoms with Crippen molar-refractivity contribution in [1.82, 2.24) is 29.8 Å². The number of aryl methyl sites for hydroxylation is 1. The van der Waals surface area contributed by atoms with Gasteiger partial charge in [-0.15, -0.1) is 0 Å². The van der Waals surface area contributed by atoms with Crippen LogP contribution in [0.4, 0.5) is 16.6 Å². The minimum Gasteiger partial charge on any atom is -0.491 e. The fourth-order valence-corrected chi connectivity index (χ4v) is 5.57. The van der Waals surface area contributed by atoms with E-state index in [1.807, 2.05) is 32.3 Å². The Hall–Kier alpha value is -4.25. The summed E-state index contributed by atoms with van der Waals surface area (Å²) in [6.07, 6.45) is 3.61. The molecule has 1 aromatic carbocycles. The average Bonchev–Trinajstić information content (AvgIpc) is 3.15. The van der Waals surface area contributed by atoms with Gasteiger partial charge < -0.3 is 24.6 Å². The second-order valence-corrected chi connectivity index (χ2v) is 11.7. The van der Waals surface area contributed by atoms with Gasteiger partial charge in [-0.2, -0.15) is 4.98 Å². The predicted molar refractivity (Wildman–Crippen MR) is 153 cm³/mol. The minimum atomic E-state index is -1.18. The number of amides is 1. The van der Waals surface area contributed by atoms with Gasteiger partial charge in [0.15, 0.2) is 5.65 Å². The molecule has 0 radical (unpaired) electrons. The van der Waals surface area contributed by atoms with Gasteiger partial charge >= 0.3 is 6.09 Å². The highest BCUT2D eigenvalue weighted by Gasteiger charge is 2.31. The van der Waals surface area contributed by atoms with Crippen LogP contribution in [0.2, 0.25) is 0 Å². The van der Waals surface area contributed by atoms with Crippen LogP contribution >= 0.6 is 0 Å². The van der Waals surface area contributed by atoms with Crippen LogP contribution in [0.15, 0.2) is 30.5 Å². The molecule has 2 aliphatic rings. The highest BCUT2D eigenvalue weighted by molar-refractivity contribution is 5.85. The van der Waals surface area contributed by atoms with Crippen molar-refractivity contribution >= 4 is 29.0 Å². The first-order valence-electron chi connectivity index (χ1n) is 13.5. The van der Waals surface area contributed by atoms with Crippen LogP contribution in [0.5, 0.6) is 5.75 Å². The summed E-state index contributed by atoms with van der Waals surface area (Å²) in [6.45, 7) is 7.31. The van der Waals surface area contributed by atoms with Crippen molar-refractivity contribution < 1.29 is 14.6 Å². The average molecular weight is 543 g/mol. The lowest BCUT2D eigenvalue weighted by Gasteiger charge is -2.34. The number of rotatable bonds is 5. The predicted octanol–water partition coefficient (Wildman–Crippen LogP) is 4.48. The molecule has 0 saturated heterocycles. The summed E-state index contributed by atoms with van der Waals surface area (Å²) in [5, 5.41) is 11.2. The lowest BCUT2D eigenvalue weighted by atomic mass is 9.76. The van der Waals surface area contributed by atoms with Gasteiger partial charge in [0.1, 0.15) is 24.0 Å². The molecular formula is C29H34N8O3. The number of ether oxygens (including phenoxy) is 1. The summed E-state index contributed by atoms with van der Waals surface area (Å²) < 4.78 is 6.19. The van der Waals surface area contributed by atoms with Crippen LogP contribution < -0.4 is 15.0 Å². The zero-order chi connectivity index (χ0) is 28.0. The molecule has 40 heavy (non-hydrogen) atoms. The number of fused-ring (bicyclic) bond motifs is 3. The van der Waals surface area contributed by atoms with E-state index in [0.29, 0.717) is 30.9 Å². The standard InChI is InChI=1S/C29H34N8O3/c1-29(2)8-7-21-20(13-29)26(33-24(31-21)16-36(3)4)37-9-10-40-23-6-5-17(11-19(23)15-37)18-12-22-25(30-14-18)34-27(32-22)35-28(38)39/h5-6,11-12,14H,7-10,13,15-16H2,1-4H3,(H,38,39)(H2,30,32,34,35). The fraction of sp³-hybridized carbons (Fsp3) is 0.414. The van der Waals surface area contributed by atoms with E-state index < -0.39 is 6.09 Å². The molecule has 1 aliphatic carbocycles. The van der Waals surface area contributed by atoms with Gasteiger partial charge in [-0.1, -0.05) is 19.9 Å². The highest BCUT2D eigenvalue weighted by Crippen LogP contribution is 2.39. The molecule has 6 rings (SSSR count).